The third-order valence-electron chi connectivity index (χ3n) is 3.72. The molecule has 0 saturated carbocycles. The lowest BCUT2D eigenvalue weighted by atomic mass is 9.83. The van der Waals surface area contributed by atoms with Crippen molar-refractivity contribution in [3.05, 3.63) is 57.6 Å². The average molecular weight is 315 g/mol. The van der Waals surface area contributed by atoms with Crippen LogP contribution in [0, 0.1) is 11.3 Å². The van der Waals surface area contributed by atoms with Gasteiger partial charge in [-0.05, 0) is 24.1 Å². The molecule has 0 amide bonds. The summed E-state index contributed by atoms with van der Waals surface area (Å²) in [5.74, 6) is 0.260. The predicted octanol–water partition coefficient (Wildman–Crippen LogP) is 3.23. The van der Waals surface area contributed by atoms with Crippen molar-refractivity contribution in [2.24, 2.45) is 5.73 Å². The second kappa shape index (κ2) is 5.74. The number of fused-ring (bicyclic) bond motifs is 1. The highest BCUT2D eigenvalue weighted by atomic mass is 35.5. The fourth-order valence-electron chi connectivity index (χ4n) is 2.74. The molecule has 0 radical (unpaired) electrons. The summed E-state index contributed by atoms with van der Waals surface area (Å²) in [6.45, 7) is 2.09. The van der Waals surface area contributed by atoms with Gasteiger partial charge >= 0.3 is 0 Å². The summed E-state index contributed by atoms with van der Waals surface area (Å²) in [5, 5.41) is 17.3. The first-order valence-electron chi connectivity index (χ1n) is 7.05. The van der Waals surface area contributed by atoms with Gasteiger partial charge in [0.05, 0.1) is 5.92 Å². The predicted molar refractivity (Wildman–Crippen MR) is 83.3 cm³/mol. The average Bonchev–Trinajstić information content (AvgIpc) is 2.90. The minimum Gasteiger partial charge on any atom is -0.420 e. The van der Waals surface area contributed by atoms with Crippen molar-refractivity contribution in [3.8, 4) is 11.9 Å². The molecule has 3 rings (SSSR count). The first-order chi connectivity index (χ1) is 10.7. The molecule has 1 aliphatic heterocycles. The zero-order valence-corrected chi connectivity index (χ0v) is 12.8. The van der Waals surface area contributed by atoms with Crippen LogP contribution in [-0.4, -0.2) is 10.2 Å². The smallest absolute Gasteiger partial charge is 0.244 e. The molecule has 6 heteroatoms. The lowest BCUT2D eigenvalue weighted by Crippen LogP contribution is -2.21. The first-order valence-corrected chi connectivity index (χ1v) is 7.43. The minimum absolute atomic E-state index is 0.101. The molecule has 1 atom stereocenters. The zero-order valence-electron chi connectivity index (χ0n) is 12.1. The van der Waals surface area contributed by atoms with Crippen LogP contribution in [0.15, 0.2) is 35.7 Å². The number of nitrogens with one attached hydrogen (secondary N) is 1. The van der Waals surface area contributed by atoms with E-state index in [4.69, 9.17) is 22.1 Å². The van der Waals surface area contributed by atoms with E-state index in [2.05, 4.69) is 23.2 Å². The van der Waals surface area contributed by atoms with Crippen LogP contribution in [0.1, 0.15) is 36.1 Å². The number of H-pyrrole nitrogens is 1. The van der Waals surface area contributed by atoms with Crippen LogP contribution >= 0.6 is 11.6 Å². The number of aromatic nitrogens is 2. The Labute approximate surface area is 133 Å². The molecular formula is C16H15ClN4O. The third kappa shape index (κ3) is 2.32. The second-order valence-corrected chi connectivity index (χ2v) is 5.58. The summed E-state index contributed by atoms with van der Waals surface area (Å²) in [6, 6.07) is 9.57. The molecule has 0 aliphatic carbocycles. The summed E-state index contributed by atoms with van der Waals surface area (Å²) < 4.78 is 5.50. The monoisotopic (exact) mass is 314 g/mol. The zero-order chi connectivity index (χ0) is 15.7. The van der Waals surface area contributed by atoms with Crippen molar-refractivity contribution in [1.82, 2.24) is 10.2 Å². The van der Waals surface area contributed by atoms with Gasteiger partial charge in [0.25, 0.3) is 0 Å². The van der Waals surface area contributed by atoms with E-state index < -0.39 is 0 Å². The highest BCUT2D eigenvalue weighted by Gasteiger charge is 2.34. The SMILES string of the molecule is CCCc1[nH]nc2c1[C@H](c1ccc(Cl)cc1)C(C#N)=C(N)O2. The number of ether oxygens (including phenoxy) is 1. The van der Waals surface area contributed by atoms with Crippen molar-refractivity contribution in [1.29, 1.82) is 5.26 Å². The van der Waals surface area contributed by atoms with Gasteiger partial charge in [0.2, 0.25) is 11.8 Å². The lowest BCUT2D eigenvalue weighted by molar-refractivity contribution is 0.378. The van der Waals surface area contributed by atoms with E-state index in [0.29, 0.717) is 16.5 Å². The quantitative estimate of drug-likeness (QED) is 0.910. The molecule has 0 fully saturated rings. The van der Waals surface area contributed by atoms with Crippen LogP contribution in [0.3, 0.4) is 0 Å². The van der Waals surface area contributed by atoms with Crippen molar-refractivity contribution >= 4 is 11.6 Å². The molecule has 1 aliphatic rings. The Morgan fingerprint density at radius 2 is 2.14 bits per heavy atom. The normalized spacial score (nSPS) is 16.9. The largest absolute Gasteiger partial charge is 0.420 e. The first kappa shape index (κ1) is 14.5. The van der Waals surface area contributed by atoms with Gasteiger partial charge in [-0.25, -0.2) is 0 Å². The van der Waals surface area contributed by atoms with Gasteiger partial charge in [-0.1, -0.05) is 37.1 Å². The molecule has 0 spiro atoms. The molecule has 2 heterocycles. The van der Waals surface area contributed by atoms with E-state index in [0.717, 1.165) is 29.7 Å². The number of nitriles is 1. The topological polar surface area (TPSA) is 87.7 Å². The molecule has 3 N–H and O–H groups in total. The molecule has 22 heavy (non-hydrogen) atoms. The van der Waals surface area contributed by atoms with Crippen molar-refractivity contribution in [2.75, 3.05) is 0 Å². The summed E-state index contributed by atoms with van der Waals surface area (Å²) in [4.78, 5) is 0. The molecular weight excluding hydrogens is 300 g/mol. The Morgan fingerprint density at radius 1 is 1.41 bits per heavy atom. The Kier molecular flexibility index (Phi) is 3.78. The van der Waals surface area contributed by atoms with E-state index in [1.807, 2.05) is 12.1 Å². The number of hydrogen-bond acceptors (Lipinski definition) is 4. The van der Waals surface area contributed by atoms with Crippen molar-refractivity contribution < 1.29 is 4.74 Å². The summed E-state index contributed by atoms with van der Waals surface area (Å²) in [7, 11) is 0. The highest BCUT2D eigenvalue weighted by Crippen LogP contribution is 2.43. The summed E-state index contributed by atoms with van der Waals surface area (Å²) in [5.41, 5.74) is 9.09. The van der Waals surface area contributed by atoms with E-state index in [1.165, 1.54) is 0 Å². The Morgan fingerprint density at radius 3 is 2.77 bits per heavy atom. The van der Waals surface area contributed by atoms with Gasteiger partial charge in [0.15, 0.2) is 0 Å². The van der Waals surface area contributed by atoms with Crippen LogP contribution in [0.25, 0.3) is 0 Å². The van der Waals surface area contributed by atoms with Gasteiger partial charge < -0.3 is 10.5 Å². The highest BCUT2D eigenvalue weighted by molar-refractivity contribution is 6.30. The molecule has 1 aromatic carbocycles. The fraction of sp³-hybridized carbons (Fsp3) is 0.250. The number of rotatable bonds is 3. The third-order valence-corrected chi connectivity index (χ3v) is 3.97. The lowest BCUT2D eigenvalue weighted by Gasteiger charge is -2.24. The number of nitrogens with two attached hydrogens (primary N) is 1. The number of aryl methyl sites for hydroxylation is 1. The maximum atomic E-state index is 9.51. The second-order valence-electron chi connectivity index (χ2n) is 5.15. The maximum absolute atomic E-state index is 9.51. The Bertz CT molecular complexity index is 770. The Hall–Kier alpha value is -2.45. The molecule has 0 unspecified atom stereocenters. The molecule has 0 bridgehead atoms. The molecule has 0 saturated heterocycles. The van der Waals surface area contributed by atoms with E-state index in [9.17, 15) is 5.26 Å². The van der Waals surface area contributed by atoms with Crippen LogP contribution in [0.4, 0.5) is 0 Å². The number of halogens is 1. The van der Waals surface area contributed by atoms with Gasteiger partial charge in [-0.2, -0.15) is 5.26 Å². The molecule has 112 valence electrons. The number of allylic oxidation sites excluding steroid dienone is 1. The number of aromatic amines is 1. The number of nitrogens with zero attached hydrogens (tertiary/aromatic N) is 2. The van der Waals surface area contributed by atoms with E-state index in [1.54, 1.807) is 12.1 Å². The standard InChI is InChI=1S/C16H15ClN4O/c1-2-3-12-14-13(9-4-6-10(17)7-5-9)11(8-18)15(19)22-16(14)21-20-12/h4-7,13H,2-3,19H2,1H3,(H,20,21)/t13-/m1/s1. The Balaban J connectivity index is 2.19. The van der Waals surface area contributed by atoms with Crippen LogP contribution in [0.5, 0.6) is 5.88 Å². The van der Waals surface area contributed by atoms with E-state index >= 15 is 0 Å². The van der Waals surface area contributed by atoms with Crippen LogP contribution in [-0.2, 0) is 6.42 Å². The fourth-order valence-corrected chi connectivity index (χ4v) is 2.86. The maximum Gasteiger partial charge on any atom is 0.244 e. The number of benzene rings is 1. The minimum atomic E-state index is -0.286. The molecule has 2 aromatic rings. The van der Waals surface area contributed by atoms with E-state index in [-0.39, 0.29) is 11.8 Å². The van der Waals surface area contributed by atoms with Gasteiger partial charge in [-0.3, -0.25) is 5.10 Å². The van der Waals surface area contributed by atoms with Crippen molar-refractivity contribution in [3.63, 3.8) is 0 Å². The van der Waals surface area contributed by atoms with Crippen LogP contribution < -0.4 is 10.5 Å². The molecule has 1 aromatic heterocycles. The molecule has 5 nitrogen and oxygen atoms in total. The van der Waals surface area contributed by atoms with Gasteiger partial charge in [0.1, 0.15) is 11.6 Å². The number of hydrogen-bond donors (Lipinski definition) is 2. The van der Waals surface area contributed by atoms with Crippen LogP contribution in [0.2, 0.25) is 5.02 Å². The van der Waals surface area contributed by atoms with Gasteiger partial charge in [0, 0.05) is 16.3 Å². The van der Waals surface area contributed by atoms with Gasteiger partial charge in [-0.15, -0.1) is 5.10 Å². The van der Waals surface area contributed by atoms with Crippen molar-refractivity contribution in [2.45, 2.75) is 25.7 Å². The summed E-state index contributed by atoms with van der Waals surface area (Å²) >= 11 is 5.96. The summed E-state index contributed by atoms with van der Waals surface area (Å²) in [6.07, 6.45) is 1.79.